The van der Waals surface area contributed by atoms with Crippen LogP contribution in [-0.2, 0) is 6.42 Å². The minimum atomic E-state index is 1.16. The number of benzene rings is 1. The van der Waals surface area contributed by atoms with E-state index in [1.54, 1.807) is 0 Å². The molecule has 0 aliphatic heterocycles. The van der Waals surface area contributed by atoms with Crippen LogP contribution in [0.4, 0.5) is 0 Å². The number of fused-ring (bicyclic) bond motifs is 1. The highest BCUT2D eigenvalue weighted by atomic mass is 14.2. The van der Waals surface area contributed by atoms with Gasteiger partial charge in [-0.05, 0) is 43.9 Å². The van der Waals surface area contributed by atoms with E-state index in [0.717, 1.165) is 6.42 Å². The van der Waals surface area contributed by atoms with Crippen LogP contribution < -0.4 is 0 Å². The number of hydrogen-bond acceptors (Lipinski definition) is 0. The fourth-order valence-corrected chi connectivity index (χ4v) is 1.88. The van der Waals surface area contributed by atoms with Crippen LogP contribution in [0.3, 0.4) is 0 Å². The summed E-state index contributed by atoms with van der Waals surface area (Å²) in [6.07, 6.45) is 1.16. The average molecular weight is 188 g/mol. The zero-order valence-corrected chi connectivity index (χ0v) is 9.94. The molecule has 0 heteroatoms. The molecule has 0 fully saturated rings. The minimum absolute atomic E-state index is 1.16. The summed E-state index contributed by atoms with van der Waals surface area (Å²) in [6.45, 7) is 10.6. The number of aryl methyl sites for hydroxylation is 1. The molecule has 0 saturated heterocycles. The van der Waals surface area contributed by atoms with Crippen LogP contribution in [0.2, 0.25) is 0 Å². The molecule has 1 aromatic rings. The predicted octanol–water partition coefficient (Wildman–Crippen LogP) is 4.37. The molecule has 0 unspecified atom stereocenters. The Morgan fingerprint density at radius 3 is 2.29 bits per heavy atom. The third-order valence-electron chi connectivity index (χ3n) is 2.76. The van der Waals surface area contributed by atoms with E-state index in [0.29, 0.717) is 0 Å². The second kappa shape index (κ2) is 4.45. The van der Waals surface area contributed by atoms with Crippen molar-refractivity contribution in [1.82, 2.24) is 0 Å². The molecule has 0 N–H and O–H groups in total. The average Bonchev–Trinajstić information content (AvgIpc) is 2.45. The highest BCUT2D eigenvalue weighted by Crippen LogP contribution is 2.32. The Labute approximate surface area is 87.7 Å². The second-order valence-corrected chi connectivity index (χ2v) is 3.74. The lowest BCUT2D eigenvalue weighted by molar-refractivity contribution is 1.18. The maximum atomic E-state index is 2.30. The van der Waals surface area contributed by atoms with Gasteiger partial charge < -0.3 is 0 Å². The Hall–Kier alpha value is -1.04. The molecule has 0 atom stereocenters. The first kappa shape index (κ1) is 11.0. The molecule has 1 aliphatic rings. The fraction of sp³-hybridized carbons (Fsp3) is 0.429. The zero-order valence-electron chi connectivity index (χ0n) is 9.94. The van der Waals surface area contributed by atoms with Gasteiger partial charge in [0.05, 0.1) is 0 Å². The highest BCUT2D eigenvalue weighted by molar-refractivity contribution is 5.74. The molecule has 2 rings (SSSR count). The van der Waals surface area contributed by atoms with E-state index in [9.17, 15) is 0 Å². The molecule has 0 radical (unpaired) electrons. The lowest BCUT2D eigenvalue weighted by Gasteiger charge is -2.01. The molecule has 0 spiro atoms. The first-order valence-corrected chi connectivity index (χ1v) is 5.45. The van der Waals surface area contributed by atoms with E-state index in [2.05, 4.69) is 39.0 Å². The molecule has 0 bridgehead atoms. The number of hydrogen-bond donors (Lipinski definition) is 0. The summed E-state index contributed by atoms with van der Waals surface area (Å²) in [4.78, 5) is 0. The predicted molar refractivity (Wildman–Crippen MR) is 64.5 cm³/mol. The quantitative estimate of drug-likeness (QED) is 0.567. The van der Waals surface area contributed by atoms with Gasteiger partial charge in [-0.3, -0.25) is 0 Å². The topological polar surface area (TPSA) is 0 Å². The Bertz CT molecular complexity index is 356. The van der Waals surface area contributed by atoms with Crippen LogP contribution in [0.5, 0.6) is 0 Å². The molecule has 0 aromatic heterocycles. The fourth-order valence-electron chi connectivity index (χ4n) is 1.88. The normalized spacial score (nSPS) is 13.5. The van der Waals surface area contributed by atoms with Crippen LogP contribution in [0.1, 0.15) is 44.4 Å². The summed E-state index contributed by atoms with van der Waals surface area (Å²) in [5.74, 6) is 0. The number of allylic oxidation sites excluding steroid dienone is 2. The van der Waals surface area contributed by atoms with Crippen LogP contribution >= 0.6 is 0 Å². The van der Waals surface area contributed by atoms with E-state index in [-0.39, 0.29) is 0 Å². The zero-order chi connectivity index (χ0) is 10.7. The standard InChI is InChI=1S/C12H14.C2H6/c1-8-4-5-12-10(3)9(2)7-11(12)6-8;1-2/h4-6H,7H2,1-3H3;1-2H3. The summed E-state index contributed by atoms with van der Waals surface area (Å²) in [5, 5.41) is 0. The summed E-state index contributed by atoms with van der Waals surface area (Å²) in [6, 6.07) is 6.74. The van der Waals surface area contributed by atoms with Gasteiger partial charge in [-0.1, -0.05) is 43.2 Å². The molecule has 0 amide bonds. The third-order valence-corrected chi connectivity index (χ3v) is 2.76. The molecular formula is C14H20. The molecule has 14 heavy (non-hydrogen) atoms. The van der Waals surface area contributed by atoms with Gasteiger partial charge in [-0.15, -0.1) is 0 Å². The highest BCUT2D eigenvalue weighted by Gasteiger charge is 2.14. The van der Waals surface area contributed by atoms with E-state index in [1.165, 1.54) is 27.8 Å². The van der Waals surface area contributed by atoms with Gasteiger partial charge >= 0.3 is 0 Å². The maximum Gasteiger partial charge on any atom is -0.00578 e. The maximum absolute atomic E-state index is 2.30. The largest absolute Gasteiger partial charge is 0.0683 e. The summed E-state index contributed by atoms with van der Waals surface area (Å²) in [5.41, 5.74) is 7.33. The van der Waals surface area contributed by atoms with Gasteiger partial charge in [-0.25, -0.2) is 0 Å². The van der Waals surface area contributed by atoms with Crippen molar-refractivity contribution in [2.24, 2.45) is 0 Å². The Morgan fingerprint density at radius 2 is 1.64 bits per heavy atom. The summed E-state index contributed by atoms with van der Waals surface area (Å²) in [7, 11) is 0. The van der Waals surface area contributed by atoms with Gasteiger partial charge in [0.1, 0.15) is 0 Å². The van der Waals surface area contributed by atoms with E-state index >= 15 is 0 Å². The van der Waals surface area contributed by atoms with Crippen LogP contribution in [0.25, 0.3) is 5.57 Å². The van der Waals surface area contributed by atoms with Crippen molar-refractivity contribution in [3.05, 3.63) is 40.5 Å². The Balaban J connectivity index is 0.000000461. The minimum Gasteiger partial charge on any atom is -0.0683 e. The van der Waals surface area contributed by atoms with Crippen molar-refractivity contribution < 1.29 is 0 Å². The number of rotatable bonds is 0. The molecule has 76 valence electrons. The Kier molecular flexibility index (Phi) is 3.51. The van der Waals surface area contributed by atoms with Gasteiger partial charge in [0.25, 0.3) is 0 Å². The van der Waals surface area contributed by atoms with Crippen molar-refractivity contribution in [3.8, 4) is 0 Å². The molecular weight excluding hydrogens is 168 g/mol. The molecule has 1 aromatic carbocycles. The first-order chi connectivity index (χ1) is 6.68. The van der Waals surface area contributed by atoms with Crippen LogP contribution in [0.15, 0.2) is 23.8 Å². The summed E-state index contributed by atoms with van der Waals surface area (Å²) < 4.78 is 0. The van der Waals surface area contributed by atoms with Crippen LogP contribution in [-0.4, -0.2) is 0 Å². The van der Waals surface area contributed by atoms with Gasteiger partial charge in [-0.2, -0.15) is 0 Å². The lowest BCUT2D eigenvalue weighted by atomic mass is 10.0. The summed E-state index contributed by atoms with van der Waals surface area (Å²) >= 11 is 0. The van der Waals surface area contributed by atoms with E-state index < -0.39 is 0 Å². The van der Waals surface area contributed by atoms with Crippen molar-refractivity contribution in [3.63, 3.8) is 0 Å². The van der Waals surface area contributed by atoms with Gasteiger partial charge in [0.15, 0.2) is 0 Å². The van der Waals surface area contributed by atoms with Crippen molar-refractivity contribution in [1.29, 1.82) is 0 Å². The third kappa shape index (κ3) is 1.89. The van der Waals surface area contributed by atoms with Crippen molar-refractivity contribution in [2.75, 3.05) is 0 Å². The van der Waals surface area contributed by atoms with Gasteiger partial charge in [0.2, 0.25) is 0 Å². The molecule has 1 aliphatic carbocycles. The second-order valence-electron chi connectivity index (χ2n) is 3.74. The van der Waals surface area contributed by atoms with Crippen molar-refractivity contribution in [2.45, 2.75) is 41.0 Å². The van der Waals surface area contributed by atoms with Crippen molar-refractivity contribution >= 4 is 5.57 Å². The Morgan fingerprint density at radius 1 is 1.00 bits per heavy atom. The van der Waals surface area contributed by atoms with E-state index in [4.69, 9.17) is 0 Å². The lowest BCUT2D eigenvalue weighted by Crippen LogP contribution is -1.83. The molecule has 0 saturated carbocycles. The monoisotopic (exact) mass is 188 g/mol. The first-order valence-electron chi connectivity index (χ1n) is 5.45. The molecule has 0 nitrogen and oxygen atoms in total. The van der Waals surface area contributed by atoms with Crippen LogP contribution in [0, 0.1) is 6.92 Å². The molecule has 0 heterocycles. The van der Waals surface area contributed by atoms with E-state index in [1.807, 2.05) is 13.8 Å². The van der Waals surface area contributed by atoms with Gasteiger partial charge in [0, 0.05) is 0 Å². The SMILES string of the molecule is CC.CC1=C(C)c2ccc(C)cc2C1. The smallest absolute Gasteiger partial charge is 0.00578 e.